The third-order valence-electron chi connectivity index (χ3n) is 4.45. The maximum absolute atomic E-state index is 12.6. The molecule has 5 nitrogen and oxygen atoms in total. The molecular formula is C24H17NO4S. The molecule has 0 saturated carbocycles. The van der Waals surface area contributed by atoms with Crippen LogP contribution in [0.4, 0.5) is 0 Å². The zero-order valence-corrected chi connectivity index (χ0v) is 16.6. The number of hydrogen-bond acceptors (Lipinski definition) is 5. The summed E-state index contributed by atoms with van der Waals surface area (Å²) in [7, 11) is -3.63. The summed E-state index contributed by atoms with van der Waals surface area (Å²) in [6, 6.07) is 26.9. The number of aromatic nitrogens is 1. The number of ketones is 1. The minimum absolute atomic E-state index is 0.0734. The van der Waals surface area contributed by atoms with Crippen LogP contribution in [-0.4, -0.2) is 19.2 Å². The van der Waals surface area contributed by atoms with Crippen LogP contribution in [0, 0.1) is 0 Å². The van der Waals surface area contributed by atoms with Gasteiger partial charge >= 0.3 is 0 Å². The molecule has 1 heterocycles. The molecule has 4 rings (SSSR count). The molecular weight excluding hydrogens is 398 g/mol. The number of nitrogens with zero attached hydrogens (tertiary/aromatic N) is 1. The van der Waals surface area contributed by atoms with Crippen molar-refractivity contribution < 1.29 is 17.9 Å². The Kier molecular flexibility index (Phi) is 5.41. The van der Waals surface area contributed by atoms with E-state index in [4.69, 9.17) is 4.74 Å². The third-order valence-corrected chi connectivity index (χ3v) is 6.20. The molecule has 0 saturated heterocycles. The molecule has 0 unspecified atom stereocenters. The predicted octanol–water partition coefficient (Wildman–Crippen LogP) is 4.94. The molecule has 4 aromatic rings. The summed E-state index contributed by atoms with van der Waals surface area (Å²) < 4.78 is 30.9. The van der Waals surface area contributed by atoms with Gasteiger partial charge < -0.3 is 4.74 Å². The average molecular weight is 415 g/mol. The fourth-order valence-electron chi connectivity index (χ4n) is 2.87. The molecule has 0 radical (unpaired) electrons. The molecule has 30 heavy (non-hydrogen) atoms. The number of pyridine rings is 1. The van der Waals surface area contributed by atoms with Crippen LogP contribution in [0.25, 0.3) is 0 Å². The van der Waals surface area contributed by atoms with E-state index in [-0.39, 0.29) is 21.5 Å². The summed E-state index contributed by atoms with van der Waals surface area (Å²) in [6.07, 6.45) is 1.27. The third kappa shape index (κ3) is 4.14. The highest BCUT2D eigenvalue weighted by atomic mass is 32.2. The minimum Gasteiger partial charge on any atom is -0.439 e. The van der Waals surface area contributed by atoms with Crippen molar-refractivity contribution in [2.75, 3.05) is 0 Å². The topological polar surface area (TPSA) is 73.3 Å². The maximum atomic E-state index is 12.6. The number of carbonyl (C=O) groups is 1. The number of hydrogen-bond donors (Lipinski definition) is 0. The van der Waals surface area contributed by atoms with E-state index in [9.17, 15) is 13.2 Å². The van der Waals surface area contributed by atoms with E-state index in [1.54, 1.807) is 54.6 Å². The molecule has 3 aromatic carbocycles. The zero-order chi connectivity index (χ0) is 21.0. The quantitative estimate of drug-likeness (QED) is 0.417. The highest BCUT2D eigenvalue weighted by molar-refractivity contribution is 7.91. The molecule has 0 spiro atoms. The summed E-state index contributed by atoms with van der Waals surface area (Å²) in [5, 5.41) is 0. The van der Waals surface area contributed by atoms with E-state index < -0.39 is 9.84 Å². The highest BCUT2D eigenvalue weighted by Gasteiger charge is 2.17. The second kappa shape index (κ2) is 8.31. The molecule has 0 aliphatic heterocycles. The zero-order valence-electron chi connectivity index (χ0n) is 15.8. The Balaban J connectivity index is 1.48. The van der Waals surface area contributed by atoms with E-state index in [1.165, 1.54) is 30.5 Å². The van der Waals surface area contributed by atoms with Gasteiger partial charge in [0.15, 0.2) is 5.78 Å². The molecule has 148 valence electrons. The standard InChI is InChI=1S/C24H17NO4S/c26-24(18-7-3-1-4-8-18)19-11-13-20(14-12-19)29-23-16-15-22(17-25-23)30(27,28)21-9-5-2-6-10-21/h1-17H. The number of benzene rings is 3. The van der Waals surface area contributed by atoms with Gasteiger partial charge in [-0.05, 0) is 42.5 Å². The van der Waals surface area contributed by atoms with E-state index in [0.717, 1.165) is 0 Å². The number of ether oxygens (including phenoxy) is 1. The largest absolute Gasteiger partial charge is 0.439 e. The fraction of sp³-hybridized carbons (Fsp3) is 0. The van der Waals surface area contributed by atoms with Crippen molar-refractivity contribution in [3.05, 3.63) is 114 Å². The molecule has 0 atom stereocenters. The van der Waals surface area contributed by atoms with E-state index >= 15 is 0 Å². The number of rotatable bonds is 6. The van der Waals surface area contributed by atoms with Crippen LogP contribution in [0.15, 0.2) is 113 Å². The summed E-state index contributed by atoms with van der Waals surface area (Å²) in [5.74, 6) is 0.672. The van der Waals surface area contributed by atoms with Crippen molar-refractivity contribution in [3.63, 3.8) is 0 Å². The summed E-state index contributed by atoms with van der Waals surface area (Å²) >= 11 is 0. The molecule has 0 bridgehead atoms. The van der Waals surface area contributed by atoms with Gasteiger partial charge in [-0.2, -0.15) is 0 Å². The molecule has 0 amide bonds. The smallest absolute Gasteiger partial charge is 0.219 e. The lowest BCUT2D eigenvalue weighted by Crippen LogP contribution is -2.02. The van der Waals surface area contributed by atoms with Crippen molar-refractivity contribution in [1.29, 1.82) is 0 Å². The fourth-order valence-corrected chi connectivity index (χ4v) is 4.10. The van der Waals surface area contributed by atoms with Crippen molar-refractivity contribution in [2.45, 2.75) is 9.79 Å². The number of carbonyl (C=O) groups excluding carboxylic acids is 1. The van der Waals surface area contributed by atoms with Gasteiger partial charge in [-0.25, -0.2) is 13.4 Å². The Morgan fingerprint density at radius 1 is 0.667 bits per heavy atom. The molecule has 0 aliphatic rings. The Labute approximate surface area is 174 Å². The van der Waals surface area contributed by atoms with Crippen LogP contribution >= 0.6 is 0 Å². The van der Waals surface area contributed by atoms with Gasteiger partial charge in [0.25, 0.3) is 0 Å². The summed E-state index contributed by atoms with van der Waals surface area (Å²) in [4.78, 5) is 16.9. The molecule has 0 N–H and O–H groups in total. The SMILES string of the molecule is O=C(c1ccccc1)c1ccc(Oc2ccc(S(=O)(=O)c3ccccc3)cn2)cc1. The Morgan fingerprint density at radius 3 is 1.87 bits per heavy atom. The van der Waals surface area contributed by atoms with E-state index in [1.807, 2.05) is 18.2 Å². The van der Waals surface area contributed by atoms with E-state index in [2.05, 4.69) is 4.98 Å². The van der Waals surface area contributed by atoms with Crippen LogP contribution < -0.4 is 4.74 Å². The van der Waals surface area contributed by atoms with Crippen LogP contribution in [0.2, 0.25) is 0 Å². The molecule has 0 fully saturated rings. The predicted molar refractivity (Wildman–Crippen MR) is 113 cm³/mol. The van der Waals surface area contributed by atoms with Gasteiger partial charge in [-0.1, -0.05) is 48.5 Å². The van der Waals surface area contributed by atoms with Crippen LogP contribution in [0.1, 0.15) is 15.9 Å². The Hall–Kier alpha value is -3.77. The Morgan fingerprint density at radius 2 is 1.27 bits per heavy atom. The first-order valence-corrected chi connectivity index (χ1v) is 10.7. The van der Waals surface area contributed by atoms with Crippen molar-refractivity contribution in [2.24, 2.45) is 0 Å². The average Bonchev–Trinajstić information content (AvgIpc) is 2.81. The van der Waals surface area contributed by atoms with E-state index in [0.29, 0.717) is 16.9 Å². The van der Waals surface area contributed by atoms with Gasteiger partial charge in [0.05, 0.1) is 9.79 Å². The van der Waals surface area contributed by atoms with Crippen LogP contribution in [0.3, 0.4) is 0 Å². The Bertz CT molecular complexity index is 1250. The lowest BCUT2D eigenvalue weighted by Gasteiger charge is -2.08. The van der Waals surface area contributed by atoms with Gasteiger partial charge in [-0.3, -0.25) is 4.79 Å². The van der Waals surface area contributed by atoms with Crippen molar-refractivity contribution >= 4 is 15.6 Å². The van der Waals surface area contributed by atoms with Crippen molar-refractivity contribution in [3.8, 4) is 11.6 Å². The van der Waals surface area contributed by atoms with Gasteiger partial charge in [0, 0.05) is 23.4 Å². The normalized spacial score (nSPS) is 11.1. The van der Waals surface area contributed by atoms with Gasteiger partial charge in [0.2, 0.25) is 15.7 Å². The van der Waals surface area contributed by atoms with Crippen molar-refractivity contribution in [1.82, 2.24) is 4.98 Å². The molecule has 6 heteroatoms. The summed E-state index contributed by atoms with van der Waals surface area (Å²) in [6.45, 7) is 0. The first kappa shape index (κ1) is 19.5. The molecule has 1 aromatic heterocycles. The van der Waals surface area contributed by atoms with Gasteiger partial charge in [-0.15, -0.1) is 0 Å². The van der Waals surface area contributed by atoms with Crippen LogP contribution in [0.5, 0.6) is 11.6 Å². The maximum Gasteiger partial charge on any atom is 0.219 e. The second-order valence-electron chi connectivity index (χ2n) is 6.47. The minimum atomic E-state index is -3.63. The first-order valence-electron chi connectivity index (χ1n) is 9.18. The highest BCUT2D eigenvalue weighted by Crippen LogP contribution is 2.24. The van der Waals surface area contributed by atoms with Gasteiger partial charge in [0.1, 0.15) is 5.75 Å². The lowest BCUT2D eigenvalue weighted by molar-refractivity contribution is 0.103. The number of sulfone groups is 1. The first-order chi connectivity index (χ1) is 14.5. The molecule has 0 aliphatic carbocycles. The summed E-state index contributed by atoms with van der Waals surface area (Å²) in [5.41, 5.74) is 1.16. The lowest BCUT2D eigenvalue weighted by atomic mass is 10.0. The second-order valence-corrected chi connectivity index (χ2v) is 8.42. The monoisotopic (exact) mass is 415 g/mol. The van der Waals surface area contributed by atoms with Crippen LogP contribution in [-0.2, 0) is 9.84 Å².